The van der Waals surface area contributed by atoms with Crippen LogP contribution in [0.5, 0.6) is 0 Å². The fourth-order valence-electron chi connectivity index (χ4n) is 2.04. The van der Waals surface area contributed by atoms with Gasteiger partial charge in [0.25, 0.3) is 0 Å². The maximum Gasteiger partial charge on any atom is 0.339 e. The Kier molecular flexibility index (Phi) is 3.13. The van der Waals surface area contributed by atoms with Crippen LogP contribution in [0, 0.1) is 20.8 Å². The highest BCUT2D eigenvalue weighted by molar-refractivity contribution is 7.15. The van der Waals surface area contributed by atoms with Crippen LogP contribution in [0.3, 0.4) is 0 Å². The summed E-state index contributed by atoms with van der Waals surface area (Å²) in [6.07, 6.45) is 0. The molecule has 0 fully saturated rings. The molecule has 0 unspecified atom stereocenters. The third kappa shape index (κ3) is 1.88. The van der Waals surface area contributed by atoms with Gasteiger partial charge in [0.2, 0.25) is 0 Å². The molecule has 6 heteroatoms. The van der Waals surface area contributed by atoms with Crippen molar-refractivity contribution >= 4 is 22.4 Å². The van der Waals surface area contributed by atoms with E-state index in [0.29, 0.717) is 10.7 Å². The standard InChI is InChI=1S/C12H15N3O2S/c1-5-8(11(16)17-4)6(2)14-9(5)10-7(3)18-12(13)15-10/h14H,1-4H3,(H2,13,15). The van der Waals surface area contributed by atoms with Crippen molar-refractivity contribution in [1.29, 1.82) is 0 Å². The number of hydrogen-bond acceptors (Lipinski definition) is 5. The second kappa shape index (κ2) is 4.45. The molecule has 0 atom stereocenters. The number of hydrogen-bond donors (Lipinski definition) is 2. The third-order valence-corrected chi connectivity index (χ3v) is 3.68. The Balaban J connectivity index is 2.61. The molecule has 0 spiro atoms. The quantitative estimate of drug-likeness (QED) is 0.817. The van der Waals surface area contributed by atoms with Gasteiger partial charge in [-0.3, -0.25) is 0 Å². The number of aryl methyl sites for hydroxylation is 2. The van der Waals surface area contributed by atoms with Gasteiger partial charge in [-0.1, -0.05) is 0 Å². The van der Waals surface area contributed by atoms with Crippen LogP contribution in [-0.4, -0.2) is 23.0 Å². The molecule has 0 aliphatic heterocycles. The summed E-state index contributed by atoms with van der Waals surface area (Å²) >= 11 is 1.43. The SMILES string of the molecule is COC(=O)c1c(C)[nH]c(-c2nc(N)sc2C)c1C. The van der Waals surface area contributed by atoms with E-state index in [1.807, 2.05) is 20.8 Å². The number of aromatic nitrogens is 2. The first-order valence-corrected chi connectivity index (χ1v) is 6.28. The molecule has 3 N–H and O–H groups in total. The number of nitrogens with one attached hydrogen (secondary N) is 1. The molecule has 0 saturated heterocycles. The average molecular weight is 265 g/mol. The summed E-state index contributed by atoms with van der Waals surface area (Å²) in [6.45, 7) is 5.67. The fraction of sp³-hybridized carbons (Fsp3) is 0.333. The first kappa shape index (κ1) is 12.6. The first-order valence-electron chi connectivity index (χ1n) is 5.46. The van der Waals surface area contributed by atoms with Crippen LogP contribution in [0.2, 0.25) is 0 Å². The van der Waals surface area contributed by atoms with Gasteiger partial charge in [-0.05, 0) is 26.3 Å². The number of carbonyl (C=O) groups is 1. The number of nitrogens with two attached hydrogens (primary N) is 1. The number of H-pyrrole nitrogens is 1. The zero-order valence-electron chi connectivity index (χ0n) is 10.7. The molecular formula is C12H15N3O2S. The lowest BCUT2D eigenvalue weighted by Gasteiger charge is -2.00. The third-order valence-electron chi connectivity index (χ3n) is 2.88. The monoisotopic (exact) mass is 265 g/mol. The molecule has 2 aromatic rings. The first-order chi connectivity index (χ1) is 8.45. The molecule has 2 heterocycles. The molecule has 0 aliphatic carbocycles. The van der Waals surface area contributed by atoms with E-state index in [-0.39, 0.29) is 5.97 Å². The zero-order chi connectivity index (χ0) is 13.4. The normalized spacial score (nSPS) is 10.7. The zero-order valence-corrected chi connectivity index (χ0v) is 11.6. The van der Waals surface area contributed by atoms with Crippen LogP contribution >= 0.6 is 11.3 Å². The van der Waals surface area contributed by atoms with Gasteiger partial charge in [-0.25, -0.2) is 9.78 Å². The lowest BCUT2D eigenvalue weighted by atomic mass is 10.1. The highest BCUT2D eigenvalue weighted by atomic mass is 32.1. The number of nitrogens with zero attached hydrogens (tertiary/aromatic N) is 1. The molecule has 0 aromatic carbocycles. The van der Waals surface area contributed by atoms with Gasteiger partial charge >= 0.3 is 5.97 Å². The molecule has 2 rings (SSSR count). The summed E-state index contributed by atoms with van der Waals surface area (Å²) in [4.78, 5) is 20.2. The fourth-order valence-corrected chi connectivity index (χ4v) is 2.74. The summed E-state index contributed by atoms with van der Waals surface area (Å²) in [5, 5.41) is 0.522. The van der Waals surface area contributed by atoms with Crippen molar-refractivity contribution in [2.24, 2.45) is 0 Å². The lowest BCUT2D eigenvalue weighted by Crippen LogP contribution is -2.03. The van der Waals surface area contributed by atoms with Crippen molar-refractivity contribution in [2.45, 2.75) is 20.8 Å². The van der Waals surface area contributed by atoms with Gasteiger partial charge in [-0.2, -0.15) is 0 Å². The van der Waals surface area contributed by atoms with Gasteiger partial charge in [0.1, 0.15) is 5.69 Å². The Bertz CT molecular complexity index is 613. The van der Waals surface area contributed by atoms with Gasteiger partial charge < -0.3 is 15.5 Å². The number of carbonyl (C=O) groups excluding carboxylic acids is 1. The highest BCUT2D eigenvalue weighted by Crippen LogP contribution is 2.32. The van der Waals surface area contributed by atoms with Crippen molar-refractivity contribution in [3.8, 4) is 11.4 Å². The smallest absolute Gasteiger partial charge is 0.339 e. The Morgan fingerprint density at radius 1 is 1.39 bits per heavy atom. The van der Waals surface area contributed by atoms with Gasteiger partial charge in [0.15, 0.2) is 5.13 Å². The van der Waals surface area contributed by atoms with Crippen molar-refractivity contribution in [3.05, 3.63) is 21.7 Å². The maximum absolute atomic E-state index is 11.7. The van der Waals surface area contributed by atoms with E-state index in [0.717, 1.165) is 27.5 Å². The van der Waals surface area contributed by atoms with Gasteiger partial charge in [0.05, 0.1) is 18.4 Å². The van der Waals surface area contributed by atoms with E-state index in [9.17, 15) is 4.79 Å². The number of thiazole rings is 1. The minimum Gasteiger partial charge on any atom is -0.465 e. The molecule has 5 nitrogen and oxygen atoms in total. The van der Waals surface area contributed by atoms with E-state index in [2.05, 4.69) is 9.97 Å². The summed E-state index contributed by atoms with van der Waals surface area (Å²) in [5.74, 6) is -0.339. The number of anilines is 1. The average Bonchev–Trinajstić information content (AvgIpc) is 2.78. The topological polar surface area (TPSA) is 81.0 Å². The van der Waals surface area contributed by atoms with Crippen molar-refractivity contribution in [2.75, 3.05) is 12.8 Å². The van der Waals surface area contributed by atoms with E-state index < -0.39 is 0 Å². The molecule has 2 aromatic heterocycles. The van der Waals surface area contributed by atoms with Crippen LogP contribution in [0.15, 0.2) is 0 Å². The minimum absolute atomic E-state index is 0.339. The minimum atomic E-state index is -0.339. The molecule has 0 bridgehead atoms. The number of rotatable bonds is 2. The largest absolute Gasteiger partial charge is 0.465 e. The Hall–Kier alpha value is -1.82. The summed E-state index contributed by atoms with van der Waals surface area (Å²) in [7, 11) is 1.37. The van der Waals surface area contributed by atoms with Crippen LogP contribution in [0.25, 0.3) is 11.4 Å². The van der Waals surface area contributed by atoms with E-state index in [1.165, 1.54) is 18.4 Å². The Morgan fingerprint density at radius 3 is 2.56 bits per heavy atom. The molecule has 0 amide bonds. The van der Waals surface area contributed by atoms with Crippen LogP contribution in [0.4, 0.5) is 5.13 Å². The van der Waals surface area contributed by atoms with Gasteiger partial charge in [-0.15, -0.1) is 11.3 Å². The Labute approximate surface area is 109 Å². The van der Waals surface area contributed by atoms with Crippen LogP contribution in [0.1, 0.15) is 26.5 Å². The van der Waals surface area contributed by atoms with E-state index in [4.69, 9.17) is 10.5 Å². The number of esters is 1. The Morgan fingerprint density at radius 2 is 2.06 bits per heavy atom. The second-order valence-electron chi connectivity index (χ2n) is 4.07. The maximum atomic E-state index is 11.7. The molecule has 18 heavy (non-hydrogen) atoms. The van der Waals surface area contributed by atoms with Crippen LogP contribution in [-0.2, 0) is 4.74 Å². The number of ether oxygens (including phenoxy) is 1. The predicted octanol–water partition coefficient (Wildman–Crippen LogP) is 2.43. The molecule has 0 aliphatic rings. The van der Waals surface area contributed by atoms with E-state index >= 15 is 0 Å². The molecule has 0 saturated carbocycles. The summed E-state index contributed by atoms with van der Waals surface area (Å²) < 4.78 is 4.78. The highest BCUT2D eigenvalue weighted by Gasteiger charge is 2.21. The van der Waals surface area contributed by atoms with Crippen molar-refractivity contribution < 1.29 is 9.53 Å². The van der Waals surface area contributed by atoms with Crippen molar-refractivity contribution in [3.63, 3.8) is 0 Å². The summed E-state index contributed by atoms with van der Waals surface area (Å²) in [6, 6.07) is 0. The molecular weight excluding hydrogens is 250 g/mol. The molecule has 96 valence electrons. The summed E-state index contributed by atoms with van der Waals surface area (Å²) in [5.41, 5.74) is 9.52. The van der Waals surface area contributed by atoms with Crippen molar-refractivity contribution in [1.82, 2.24) is 9.97 Å². The lowest BCUT2D eigenvalue weighted by molar-refractivity contribution is 0.0599. The second-order valence-corrected chi connectivity index (χ2v) is 5.31. The van der Waals surface area contributed by atoms with E-state index in [1.54, 1.807) is 0 Å². The van der Waals surface area contributed by atoms with Crippen LogP contribution < -0.4 is 5.73 Å². The van der Waals surface area contributed by atoms with Gasteiger partial charge in [0, 0.05) is 10.6 Å². The molecule has 0 radical (unpaired) electrons. The predicted molar refractivity (Wildman–Crippen MR) is 71.9 cm³/mol. The number of nitrogen functional groups attached to an aromatic ring is 1. The number of methoxy groups -OCH3 is 1. The number of aromatic amines is 1.